The maximum atomic E-state index is 12.2. The Morgan fingerprint density at radius 2 is 2.10 bits per heavy atom. The van der Waals surface area contributed by atoms with Crippen molar-refractivity contribution in [2.75, 3.05) is 20.3 Å². The van der Waals surface area contributed by atoms with Gasteiger partial charge in [0.1, 0.15) is 5.15 Å². The zero-order chi connectivity index (χ0) is 14.5. The van der Waals surface area contributed by atoms with Crippen molar-refractivity contribution in [3.63, 3.8) is 0 Å². The van der Waals surface area contributed by atoms with Crippen LogP contribution < -0.4 is 5.32 Å². The number of carbonyl (C=O) groups excluding carboxylic acids is 1. The molecule has 0 aliphatic heterocycles. The van der Waals surface area contributed by atoms with Crippen molar-refractivity contribution in [1.82, 2.24) is 10.3 Å². The molecule has 0 fully saturated rings. The van der Waals surface area contributed by atoms with Crippen LogP contribution in [0.25, 0.3) is 10.8 Å². The summed E-state index contributed by atoms with van der Waals surface area (Å²) < 4.78 is 5.05. The molecule has 0 saturated carbocycles. The molecule has 1 N–H and O–H groups in total. The van der Waals surface area contributed by atoms with Gasteiger partial charge in [-0.25, -0.2) is 4.98 Å². The molecule has 1 heterocycles. The highest BCUT2D eigenvalue weighted by molar-refractivity contribution is 6.34. The van der Waals surface area contributed by atoms with Crippen molar-refractivity contribution in [2.24, 2.45) is 5.92 Å². The summed E-state index contributed by atoms with van der Waals surface area (Å²) in [4.78, 5) is 16.3. The van der Waals surface area contributed by atoms with Crippen LogP contribution in [0, 0.1) is 5.92 Å². The van der Waals surface area contributed by atoms with Gasteiger partial charge in [0.15, 0.2) is 0 Å². The Morgan fingerprint density at radius 3 is 2.80 bits per heavy atom. The number of methoxy groups -OCH3 is 1. The normalized spacial score (nSPS) is 12.3. The first-order chi connectivity index (χ1) is 9.63. The van der Waals surface area contributed by atoms with E-state index >= 15 is 0 Å². The molecule has 20 heavy (non-hydrogen) atoms. The molecule has 0 aliphatic carbocycles. The minimum atomic E-state index is -0.145. The Hall–Kier alpha value is -1.65. The van der Waals surface area contributed by atoms with Crippen LogP contribution in [0.4, 0.5) is 0 Å². The molecule has 0 aliphatic rings. The second-order valence-corrected chi connectivity index (χ2v) is 5.14. The number of halogens is 1. The fourth-order valence-corrected chi connectivity index (χ4v) is 2.26. The molecular formula is C15H17ClN2O2. The van der Waals surface area contributed by atoms with Crippen LogP contribution in [0.5, 0.6) is 0 Å². The number of hydrogen-bond donors (Lipinski definition) is 1. The maximum absolute atomic E-state index is 12.2. The van der Waals surface area contributed by atoms with E-state index in [2.05, 4.69) is 10.3 Å². The van der Waals surface area contributed by atoms with Gasteiger partial charge in [0.2, 0.25) is 0 Å². The van der Waals surface area contributed by atoms with Crippen molar-refractivity contribution in [3.05, 3.63) is 41.2 Å². The fourth-order valence-electron chi connectivity index (χ4n) is 2.04. The summed E-state index contributed by atoms with van der Waals surface area (Å²) in [6.07, 6.45) is 1.51. The van der Waals surface area contributed by atoms with Crippen LogP contribution in [0.15, 0.2) is 30.5 Å². The predicted molar refractivity (Wildman–Crippen MR) is 80.1 cm³/mol. The number of hydrogen-bond acceptors (Lipinski definition) is 3. The fraction of sp³-hybridized carbons (Fsp3) is 0.333. The second-order valence-electron chi connectivity index (χ2n) is 4.78. The summed E-state index contributed by atoms with van der Waals surface area (Å²) in [6, 6.07) is 7.48. The van der Waals surface area contributed by atoms with Gasteiger partial charge < -0.3 is 10.1 Å². The minimum Gasteiger partial charge on any atom is -0.384 e. The lowest BCUT2D eigenvalue weighted by Crippen LogP contribution is -2.30. The smallest absolute Gasteiger partial charge is 0.253 e. The van der Waals surface area contributed by atoms with Crippen molar-refractivity contribution >= 4 is 28.3 Å². The van der Waals surface area contributed by atoms with Crippen LogP contribution in [0.2, 0.25) is 5.15 Å². The molecule has 1 aromatic carbocycles. The zero-order valence-electron chi connectivity index (χ0n) is 11.5. The summed E-state index contributed by atoms with van der Waals surface area (Å²) in [5.41, 5.74) is 0.537. The summed E-state index contributed by atoms with van der Waals surface area (Å²) in [6.45, 7) is 3.19. The molecule has 2 rings (SSSR count). The number of nitrogens with one attached hydrogen (secondary N) is 1. The van der Waals surface area contributed by atoms with Crippen LogP contribution in [-0.2, 0) is 4.74 Å². The van der Waals surface area contributed by atoms with Gasteiger partial charge in [-0.05, 0) is 11.3 Å². The Kier molecular flexibility index (Phi) is 4.93. The average Bonchev–Trinajstić information content (AvgIpc) is 2.46. The van der Waals surface area contributed by atoms with E-state index in [0.29, 0.717) is 23.9 Å². The van der Waals surface area contributed by atoms with Gasteiger partial charge in [-0.2, -0.15) is 0 Å². The minimum absolute atomic E-state index is 0.145. The molecule has 4 nitrogen and oxygen atoms in total. The van der Waals surface area contributed by atoms with Gasteiger partial charge >= 0.3 is 0 Å². The van der Waals surface area contributed by atoms with E-state index in [0.717, 1.165) is 10.8 Å². The number of pyridine rings is 1. The highest BCUT2D eigenvalue weighted by Crippen LogP contribution is 2.24. The van der Waals surface area contributed by atoms with E-state index in [1.54, 1.807) is 7.11 Å². The summed E-state index contributed by atoms with van der Waals surface area (Å²) in [7, 11) is 1.65. The van der Waals surface area contributed by atoms with E-state index in [9.17, 15) is 4.79 Å². The van der Waals surface area contributed by atoms with Gasteiger partial charge in [0.05, 0.1) is 12.2 Å². The molecule has 1 aromatic heterocycles. The highest BCUT2D eigenvalue weighted by atomic mass is 35.5. The quantitative estimate of drug-likeness (QED) is 0.862. The van der Waals surface area contributed by atoms with E-state index in [4.69, 9.17) is 16.3 Å². The Balaban J connectivity index is 2.20. The topological polar surface area (TPSA) is 51.2 Å². The molecule has 1 atom stereocenters. The first kappa shape index (κ1) is 14.8. The highest BCUT2D eigenvalue weighted by Gasteiger charge is 2.13. The first-order valence-electron chi connectivity index (χ1n) is 6.44. The molecule has 106 valence electrons. The number of fused-ring (bicyclic) bond motifs is 1. The zero-order valence-corrected chi connectivity index (χ0v) is 12.3. The lowest BCUT2D eigenvalue weighted by atomic mass is 10.1. The maximum Gasteiger partial charge on any atom is 0.253 e. The second kappa shape index (κ2) is 6.68. The Labute approximate surface area is 123 Å². The Morgan fingerprint density at radius 1 is 1.40 bits per heavy atom. The largest absolute Gasteiger partial charge is 0.384 e. The monoisotopic (exact) mass is 292 g/mol. The van der Waals surface area contributed by atoms with Crippen LogP contribution in [-0.4, -0.2) is 31.2 Å². The summed E-state index contributed by atoms with van der Waals surface area (Å²) in [5.74, 6) is 0.115. The number of rotatable bonds is 5. The van der Waals surface area contributed by atoms with Gasteiger partial charge in [-0.3, -0.25) is 4.79 Å². The van der Waals surface area contributed by atoms with Crippen LogP contribution >= 0.6 is 11.6 Å². The van der Waals surface area contributed by atoms with Crippen LogP contribution in [0.3, 0.4) is 0 Å². The molecule has 0 saturated heterocycles. The van der Waals surface area contributed by atoms with E-state index < -0.39 is 0 Å². The summed E-state index contributed by atoms with van der Waals surface area (Å²) in [5, 5.41) is 4.89. The number of aromatic nitrogens is 1. The molecular weight excluding hydrogens is 276 g/mol. The molecule has 0 spiro atoms. The van der Waals surface area contributed by atoms with Gasteiger partial charge in [0, 0.05) is 25.2 Å². The van der Waals surface area contributed by atoms with Crippen molar-refractivity contribution in [2.45, 2.75) is 6.92 Å². The first-order valence-corrected chi connectivity index (χ1v) is 6.81. The van der Waals surface area contributed by atoms with Crippen molar-refractivity contribution in [3.8, 4) is 0 Å². The molecule has 1 amide bonds. The van der Waals surface area contributed by atoms with Crippen molar-refractivity contribution in [1.29, 1.82) is 0 Å². The lowest BCUT2D eigenvalue weighted by Gasteiger charge is -2.12. The number of carbonyl (C=O) groups is 1. The van der Waals surface area contributed by atoms with Gasteiger partial charge in [-0.1, -0.05) is 42.8 Å². The molecule has 1 unspecified atom stereocenters. The number of ether oxygens (including phenoxy) is 1. The SMILES string of the molecule is COCC(C)CNC(=O)c1cnc(Cl)c2ccccc12. The molecule has 2 aromatic rings. The van der Waals surface area contributed by atoms with Crippen LogP contribution in [0.1, 0.15) is 17.3 Å². The van der Waals surface area contributed by atoms with Gasteiger partial charge in [0.25, 0.3) is 5.91 Å². The summed E-state index contributed by atoms with van der Waals surface area (Å²) >= 11 is 6.04. The number of benzene rings is 1. The van der Waals surface area contributed by atoms with Crippen molar-refractivity contribution < 1.29 is 9.53 Å². The van der Waals surface area contributed by atoms with Gasteiger partial charge in [-0.15, -0.1) is 0 Å². The predicted octanol–water partition coefficient (Wildman–Crippen LogP) is 2.90. The number of amides is 1. The molecule has 0 radical (unpaired) electrons. The Bertz CT molecular complexity index is 616. The molecule has 0 bridgehead atoms. The third-order valence-corrected chi connectivity index (χ3v) is 3.35. The number of nitrogens with zero attached hydrogens (tertiary/aromatic N) is 1. The van der Waals surface area contributed by atoms with E-state index in [1.165, 1.54) is 6.20 Å². The van der Waals surface area contributed by atoms with E-state index in [-0.39, 0.29) is 11.8 Å². The molecule has 5 heteroatoms. The third-order valence-electron chi connectivity index (χ3n) is 3.05. The standard InChI is InChI=1S/C15H17ClN2O2/c1-10(9-20-2)7-18-15(19)13-8-17-14(16)12-6-4-3-5-11(12)13/h3-6,8,10H,7,9H2,1-2H3,(H,18,19). The van der Waals surface area contributed by atoms with E-state index in [1.807, 2.05) is 31.2 Å². The average molecular weight is 293 g/mol. The lowest BCUT2D eigenvalue weighted by molar-refractivity contribution is 0.0935. The third kappa shape index (κ3) is 3.26.